The van der Waals surface area contributed by atoms with Gasteiger partial charge >= 0.3 is 6.09 Å². The zero-order valence-electron chi connectivity index (χ0n) is 12.5. The SMILES string of the molecule is CC(C)=CCOC(=O)N(C)[C@@H](C)[C@@H](O)c1ccccc1. The summed E-state index contributed by atoms with van der Waals surface area (Å²) < 4.78 is 5.12. The van der Waals surface area contributed by atoms with E-state index in [1.54, 1.807) is 14.0 Å². The standard InChI is InChI=1S/C16H23NO3/c1-12(2)10-11-20-16(19)17(4)13(3)15(18)14-8-6-5-7-9-14/h5-10,13,15,18H,11H2,1-4H3/t13-,15+/m0/s1. The number of amides is 1. The number of ether oxygens (including phenoxy) is 1. The van der Waals surface area contributed by atoms with Crippen LogP contribution < -0.4 is 0 Å². The van der Waals surface area contributed by atoms with Gasteiger partial charge in [-0.3, -0.25) is 0 Å². The Morgan fingerprint density at radius 1 is 1.35 bits per heavy atom. The summed E-state index contributed by atoms with van der Waals surface area (Å²) in [5, 5.41) is 10.3. The van der Waals surface area contributed by atoms with Crippen molar-refractivity contribution < 1.29 is 14.6 Å². The predicted octanol–water partition coefficient (Wildman–Crippen LogP) is 3.14. The van der Waals surface area contributed by atoms with E-state index in [0.717, 1.165) is 11.1 Å². The molecule has 0 aliphatic rings. The fraction of sp³-hybridized carbons (Fsp3) is 0.438. The maximum absolute atomic E-state index is 11.9. The molecule has 0 aliphatic heterocycles. The molecule has 2 atom stereocenters. The largest absolute Gasteiger partial charge is 0.445 e. The lowest BCUT2D eigenvalue weighted by atomic mass is 10.0. The van der Waals surface area contributed by atoms with Gasteiger partial charge in [0.25, 0.3) is 0 Å². The van der Waals surface area contributed by atoms with E-state index in [2.05, 4.69) is 0 Å². The van der Waals surface area contributed by atoms with Crippen LogP contribution in [-0.4, -0.2) is 35.8 Å². The van der Waals surface area contributed by atoms with Gasteiger partial charge in [-0.05, 0) is 32.4 Å². The minimum Gasteiger partial charge on any atom is -0.445 e. The van der Waals surface area contributed by atoms with E-state index in [9.17, 15) is 9.90 Å². The molecule has 1 amide bonds. The minimum atomic E-state index is -0.739. The second-order valence-corrected chi connectivity index (χ2v) is 5.07. The van der Waals surface area contributed by atoms with Gasteiger partial charge in [0.1, 0.15) is 6.61 Å². The van der Waals surface area contributed by atoms with Crippen molar-refractivity contribution in [2.75, 3.05) is 13.7 Å². The second-order valence-electron chi connectivity index (χ2n) is 5.07. The number of aliphatic hydroxyl groups is 1. The molecule has 0 aliphatic carbocycles. The van der Waals surface area contributed by atoms with Crippen LogP contribution in [0.3, 0.4) is 0 Å². The Hall–Kier alpha value is -1.81. The third-order valence-electron chi connectivity index (χ3n) is 3.20. The summed E-state index contributed by atoms with van der Waals surface area (Å²) in [5.74, 6) is 0. The summed E-state index contributed by atoms with van der Waals surface area (Å²) in [6.45, 7) is 5.93. The number of rotatable bonds is 5. The number of allylic oxidation sites excluding steroid dienone is 1. The van der Waals surface area contributed by atoms with Crippen molar-refractivity contribution >= 4 is 6.09 Å². The van der Waals surface area contributed by atoms with Crippen molar-refractivity contribution in [1.82, 2.24) is 4.90 Å². The molecule has 0 heterocycles. The van der Waals surface area contributed by atoms with Crippen molar-refractivity contribution in [3.63, 3.8) is 0 Å². The molecule has 0 radical (unpaired) electrons. The molecule has 0 spiro atoms. The monoisotopic (exact) mass is 277 g/mol. The Kier molecular flexibility index (Phi) is 6.25. The topological polar surface area (TPSA) is 49.8 Å². The summed E-state index contributed by atoms with van der Waals surface area (Å²) in [6, 6.07) is 8.92. The van der Waals surface area contributed by atoms with E-state index in [-0.39, 0.29) is 12.6 Å². The van der Waals surface area contributed by atoms with E-state index in [4.69, 9.17) is 4.74 Å². The van der Waals surface area contributed by atoms with Gasteiger partial charge in [-0.2, -0.15) is 0 Å². The van der Waals surface area contributed by atoms with Gasteiger partial charge in [-0.25, -0.2) is 4.79 Å². The van der Waals surface area contributed by atoms with Crippen molar-refractivity contribution in [3.8, 4) is 0 Å². The van der Waals surface area contributed by atoms with E-state index in [0.29, 0.717) is 0 Å². The predicted molar refractivity (Wildman–Crippen MR) is 79.4 cm³/mol. The Morgan fingerprint density at radius 3 is 2.50 bits per heavy atom. The smallest absolute Gasteiger partial charge is 0.410 e. The molecule has 0 aromatic heterocycles. The number of benzene rings is 1. The quantitative estimate of drug-likeness (QED) is 0.841. The van der Waals surface area contributed by atoms with Crippen LogP contribution in [0.2, 0.25) is 0 Å². The second kappa shape index (κ2) is 7.70. The highest BCUT2D eigenvalue weighted by Crippen LogP contribution is 2.20. The van der Waals surface area contributed by atoms with Crippen molar-refractivity contribution in [3.05, 3.63) is 47.5 Å². The van der Waals surface area contributed by atoms with Crippen LogP contribution in [0.15, 0.2) is 42.0 Å². The third-order valence-corrected chi connectivity index (χ3v) is 3.20. The van der Waals surface area contributed by atoms with Crippen molar-refractivity contribution in [2.24, 2.45) is 0 Å². The normalized spacial score (nSPS) is 13.2. The Balaban J connectivity index is 2.59. The van der Waals surface area contributed by atoms with Gasteiger partial charge in [0, 0.05) is 7.05 Å². The van der Waals surface area contributed by atoms with E-state index < -0.39 is 12.2 Å². The molecular formula is C16H23NO3. The van der Waals surface area contributed by atoms with E-state index in [1.807, 2.05) is 50.3 Å². The molecule has 0 unspecified atom stereocenters. The molecule has 1 aromatic rings. The number of hydrogen-bond acceptors (Lipinski definition) is 3. The molecule has 1 aromatic carbocycles. The number of hydrogen-bond donors (Lipinski definition) is 1. The van der Waals surface area contributed by atoms with Gasteiger partial charge in [0.2, 0.25) is 0 Å². The molecule has 4 nitrogen and oxygen atoms in total. The first-order chi connectivity index (χ1) is 9.43. The summed E-state index contributed by atoms with van der Waals surface area (Å²) in [6.07, 6.45) is 0.659. The zero-order chi connectivity index (χ0) is 15.1. The zero-order valence-corrected chi connectivity index (χ0v) is 12.5. The first kappa shape index (κ1) is 16.2. The van der Waals surface area contributed by atoms with Crippen LogP contribution in [0.1, 0.15) is 32.4 Å². The number of nitrogens with zero attached hydrogens (tertiary/aromatic N) is 1. The minimum absolute atomic E-state index is 0.250. The first-order valence-corrected chi connectivity index (χ1v) is 6.69. The van der Waals surface area contributed by atoms with Crippen LogP contribution in [0.4, 0.5) is 4.79 Å². The molecule has 1 N–H and O–H groups in total. The fourth-order valence-corrected chi connectivity index (χ4v) is 1.69. The molecule has 20 heavy (non-hydrogen) atoms. The van der Waals surface area contributed by atoms with E-state index >= 15 is 0 Å². The average Bonchev–Trinajstić information content (AvgIpc) is 2.45. The molecule has 0 saturated heterocycles. The van der Waals surface area contributed by atoms with Gasteiger partial charge in [-0.1, -0.05) is 35.9 Å². The third kappa shape index (κ3) is 4.70. The van der Waals surface area contributed by atoms with Gasteiger partial charge in [-0.15, -0.1) is 0 Å². The molecule has 0 saturated carbocycles. The molecule has 1 rings (SSSR count). The maximum Gasteiger partial charge on any atom is 0.410 e. The Labute approximate surface area is 120 Å². The number of likely N-dealkylation sites (N-methyl/N-ethyl adjacent to an activating group) is 1. The van der Waals surface area contributed by atoms with Gasteiger partial charge < -0.3 is 14.7 Å². The summed E-state index contributed by atoms with van der Waals surface area (Å²) in [4.78, 5) is 13.3. The Morgan fingerprint density at radius 2 is 1.95 bits per heavy atom. The van der Waals surface area contributed by atoms with Crippen LogP contribution in [0, 0.1) is 0 Å². The fourth-order valence-electron chi connectivity index (χ4n) is 1.69. The molecule has 4 heteroatoms. The molecule has 110 valence electrons. The van der Waals surface area contributed by atoms with Gasteiger partial charge in [0.05, 0.1) is 12.1 Å². The van der Waals surface area contributed by atoms with Crippen LogP contribution in [0.25, 0.3) is 0 Å². The highest BCUT2D eigenvalue weighted by Gasteiger charge is 2.24. The van der Waals surface area contributed by atoms with Gasteiger partial charge in [0.15, 0.2) is 0 Å². The number of aliphatic hydroxyl groups excluding tert-OH is 1. The number of carbonyl (C=O) groups excluding carboxylic acids is 1. The lowest BCUT2D eigenvalue weighted by Gasteiger charge is -2.28. The molecular weight excluding hydrogens is 254 g/mol. The maximum atomic E-state index is 11.9. The lowest BCUT2D eigenvalue weighted by Crippen LogP contribution is -2.39. The highest BCUT2D eigenvalue weighted by atomic mass is 16.6. The summed E-state index contributed by atoms with van der Waals surface area (Å²) in [5.41, 5.74) is 1.88. The average molecular weight is 277 g/mol. The molecule has 0 bridgehead atoms. The summed E-state index contributed by atoms with van der Waals surface area (Å²) >= 11 is 0. The molecule has 0 fully saturated rings. The van der Waals surface area contributed by atoms with E-state index in [1.165, 1.54) is 4.90 Å². The highest BCUT2D eigenvalue weighted by molar-refractivity contribution is 5.67. The van der Waals surface area contributed by atoms with Crippen LogP contribution >= 0.6 is 0 Å². The van der Waals surface area contributed by atoms with Crippen molar-refractivity contribution in [1.29, 1.82) is 0 Å². The first-order valence-electron chi connectivity index (χ1n) is 6.69. The van der Waals surface area contributed by atoms with Crippen molar-refractivity contribution in [2.45, 2.75) is 32.9 Å². The van der Waals surface area contributed by atoms with Crippen LogP contribution in [0.5, 0.6) is 0 Å². The van der Waals surface area contributed by atoms with Crippen LogP contribution in [-0.2, 0) is 4.74 Å². The summed E-state index contributed by atoms with van der Waals surface area (Å²) in [7, 11) is 1.63. The lowest BCUT2D eigenvalue weighted by molar-refractivity contribution is 0.0550. The Bertz CT molecular complexity index is 452. The number of carbonyl (C=O) groups is 1.